The first-order chi connectivity index (χ1) is 9.74. The maximum Gasteiger partial charge on any atom is 0.223 e. The Morgan fingerprint density at radius 1 is 1.40 bits per heavy atom. The van der Waals surface area contributed by atoms with Crippen molar-refractivity contribution in [3.63, 3.8) is 0 Å². The first-order valence-corrected chi connectivity index (χ1v) is 6.82. The van der Waals surface area contributed by atoms with E-state index in [9.17, 15) is 5.11 Å². The standard InChI is InChI=1S/C16H22N2O2/c1-3-15-12-17(11-14-7-5-4-6-8-14)9-10-18(15)16(19)13-20-2/h3-8,13,15,19H,1,9-12H2,2H3/b16-13+. The van der Waals surface area contributed by atoms with Gasteiger partial charge in [-0.1, -0.05) is 36.4 Å². The Bertz CT molecular complexity index is 459. The van der Waals surface area contributed by atoms with Gasteiger partial charge in [-0.15, -0.1) is 6.58 Å². The van der Waals surface area contributed by atoms with Crippen LogP contribution in [-0.2, 0) is 11.3 Å². The Hall–Kier alpha value is -1.94. The lowest BCUT2D eigenvalue weighted by Gasteiger charge is -2.40. The summed E-state index contributed by atoms with van der Waals surface area (Å²) >= 11 is 0. The largest absolute Gasteiger partial charge is 0.499 e. The monoisotopic (exact) mass is 274 g/mol. The molecule has 0 radical (unpaired) electrons. The first-order valence-electron chi connectivity index (χ1n) is 6.82. The number of methoxy groups -OCH3 is 1. The second-order valence-corrected chi connectivity index (χ2v) is 4.93. The van der Waals surface area contributed by atoms with Gasteiger partial charge in [-0.25, -0.2) is 0 Å². The van der Waals surface area contributed by atoms with Gasteiger partial charge in [0.25, 0.3) is 0 Å². The molecule has 1 unspecified atom stereocenters. The number of aliphatic hydroxyl groups is 1. The average Bonchev–Trinajstić information content (AvgIpc) is 2.48. The highest BCUT2D eigenvalue weighted by Crippen LogP contribution is 2.17. The van der Waals surface area contributed by atoms with E-state index < -0.39 is 0 Å². The van der Waals surface area contributed by atoms with Crippen molar-refractivity contribution in [3.05, 3.63) is 60.7 Å². The van der Waals surface area contributed by atoms with Gasteiger partial charge in [-0.3, -0.25) is 4.90 Å². The highest BCUT2D eigenvalue weighted by molar-refractivity contribution is 5.15. The summed E-state index contributed by atoms with van der Waals surface area (Å²) in [5.74, 6) is 0.164. The third kappa shape index (κ3) is 3.54. The van der Waals surface area contributed by atoms with E-state index in [1.165, 1.54) is 18.9 Å². The topological polar surface area (TPSA) is 35.9 Å². The molecule has 1 N–H and O–H groups in total. The van der Waals surface area contributed by atoms with Crippen LogP contribution >= 0.6 is 0 Å². The van der Waals surface area contributed by atoms with Crippen LogP contribution in [0.2, 0.25) is 0 Å². The first kappa shape index (κ1) is 14.5. The second-order valence-electron chi connectivity index (χ2n) is 4.93. The summed E-state index contributed by atoms with van der Waals surface area (Å²) < 4.78 is 4.87. The van der Waals surface area contributed by atoms with Crippen molar-refractivity contribution in [3.8, 4) is 0 Å². The molecule has 2 rings (SSSR count). The van der Waals surface area contributed by atoms with E-state index in [0.717, 1.165) is 26.2 Å². The Balaban J connectivity index is 1.98. The molecule has 0 aromatic heterocycles. The molecule has 108 valence electrons. The van der Waals surface area contributed by atoms with Gasteiger partial charge < -0.3 is 14.7 Å². The molecule has 1 aliphatic heterocycles. The van der Waals surface area contributed by atoms with Gasteiger partial charge in [0.15, 0.2) is 0 Å². The lowest BCUT2D eigenvalue weighted by atomic mass is 10.1. The number of ether oxygens (including phenoxy) is 1. The van der Waals surface area contributed by atoms with Gasteiger partial charge in [-0.05, 0) is 5.56 Å². The molecule has 1 atom stereocenters. The molecule has 1 aromatic carbocycles. The van der Waals surface area contributed by atoms with Crippen molar-refractivity contribution in [2.24, 2.45) is 0 Å². The van der Waals surface area contributed by atoms with Crippen molar-refractivity contribution in [1.82, 2.24) is 9.80 Å². The van der Waals surface area contributed by atoms with Crippen LogP contribution in [0.3, 0.4) is 0 Å². The lowest BCUT2D eigenvalue weighted by Crippen LogP contribution is -2.51. The van der Waals surface area contributed by atoms with E-state index in [4.69, 9.17) is 4.74 Å². The quantitative estimate of drug-likeness (QED) is 0.660. The Labute approximate surface area is 120 Å². The van der Waals surface area contributed by atoms with Crippen molar-refractivity contribution in [2.75, 3.05) is 26.7 Å². The van der Waals surface area contributed by atoms with Crippen LogP contribution in [0.15, 0.2) is 55.1 Å². The summed E-state index contributed by atoms with van der Waals surface area (Å²) in [5, 5.41) is 9.95. The average molecular weight is 274 g/mol. The predicted octanol–water partition coefficient (Wildman–Crippen LogP) is 2.36. The van der Waals surface area contributed by atoms with Crippen molar-refractivity contribution in [2.45, 2.75) is 12.6 Å². The van der Waals surface area contributed by atoms with Crippen LogP contribution in [0.4, 0.5) is 0 Å². The fourth-order valence-electron chi connectivity index (χ4n) is 2.51. The Kier molecular flexibility index (Phi) is 5.07. The molecule has 0 bridgehead atoms. The van der Waals surface area contributed by atoms with Crippen LogP contribution in [0, 0.1) is 0 Å². The summed E-state index contributed by atoms with van der Waals surface area (Å²) in [6.07, 6.45) is 3.24. The van der Waals surface area contributed by atoms with Gasteiger partial charge in [0.1, 0.15) is 6.26 Å². The molecule has 1 heterocycles. The van der Waals surface area contributed by atoms with Crippen LogP contribution in [-0.4, -0.2) is 47.7 Å². The van der Waals surface area contributed by atoms with E-state index in [0.29, 0.717) is 0 Å². The second kappa shape index (κ2) is 7.01. The van der Waals surface area contributed by atoms with Gasteiger partial charge in [0.2, 0.25) is 5.88 Å². The van der Waals surface area contributed by atoms with Crippen LogP contribution in [0.25, 0.3) is 0 Å². The molecule has 20 heavy (non-hydrogen) atoms. The summed E-state index contributed by atoms with van der Waals surface area (Å²) in [6.45, 7) is 7.31. The molecular weight excluding hydrogens is 252 g/mol. The SMILES string of the molecule is C=CC1CN(Cc2ccccc2)CCN1/C(O)=C\OC. The summed E-state index contributed by atoms with van der Waals surface area (Å²) in [4.78, 5) is 4.29. The van der Waals surface area contributed by atoms with Crippen molar-refractivity contribution in [1.29, 1.82) is 0 Å². The zero-order valence-corrected chi connectivity index (χ0v) is 11.9. The molecule has 1 saturated heterocycles. The predicted molar refractivity (Wildman–Crippen MR) is 80.1 cm³/mol. The van der Waals surface area contributed by atoms with Crippen molar-refractivity contribution >= 4 is 0 Å². The maximum atomic E-state index is 9.95. The molecule has 0 spiro atoms. The van der Waals surface area contributed by atoms with Crippen molar-refractivity contribution < 1.29 is 9.84 Å². The van der Waals surface area contributed by atoms with E-state index >= 15 is 0 Å². The molecule has 4 heteroatoms. The molecule has 1 aliphatic rings. The fraction of sp³-hybridized carbons (Fsp3) is 0.375. The number of hydrogen-bond acceptors (Lipinski definition) is 4. The van der Waals surface area contributed by atoms with E-state index in [2.05, 4.69) is 35.7 Å². The van der Waals surface area contributed by atoms with Gasteiger partial charge in [-0.2, -0.15) is 0 Å². The minimum absolute atomic E-state index is 0.0962. The minimum Gasteiger partial charge on any atom is -0.499 e. The van der Waals surface area contributed by atoms with E-state index in [-0.39, 0.29) is 11.9 Å². The number of benzene rings is 1. The number of aliphatic hydroxyl groups excluding tert-OH is 1. The summed E-state index contributed by atoms with van der Waals surface area (Å²) in [7, 11) is 1.53. The summed E-state index contributed by atoms with van der Waals surface area (Å²) in [5.41, 5.74) is 1.31. The molecule has 1 fully saturated rings. The van der Waals surface area contributed by atoms with Crippen LogP contribution in [0.1, 0.15) is 5.56 Å². The number of nitrogens with zero attached hydrogens (tertiary/aromatic N) is 2. The smallest absolute Gasteiger partial charge is 0.223 e. The lowest BCUT2D eigenvalue weighted by molar-refractivity contribution is 0.0707. The molecule has 0 saturated carbocycles. The van der Waals surface area contributed by atoms with Crippen LogP contribution in [0.5, 0.6) is 0 Å². The zero-order valence-electron chi connectivity index (χ0n) is 11.9. The molecule has 0 aliphatic carbocycles. The number of rotatable bonds is 5. The van der Waals surface area contributed by atoms with E-state index in [1.54, 1.807) is 0 Å². The normalized spacial score (nSPS) is 20.8. The Morgan fingerprint density at radius 3 is 2.80 bits per heavy atom. The third-order valence-electron chi connectivity index (χ3n) is 3.54. The van der Waals surface area contributed by atoms with Gasteiger partial charge in [0.05, 0.1) is 13.2 Å². The number of piperazine rings is 1. The highest BCUT2D eigenvalue weighted by Gasteiger charge is 2.26. The highest BCUT2D eigenvalue weighted by atomic mass is 16.5. The van der Waals surface area contributed by atoms with Crippen LogP contribution < -0.4 is 0 Å². The minimum atomic E-state index is 0.0962. The molecule has 1 aromatic rings. The van der Waals surface area contributed by atoms with Gasteiger partial charge >= 0.3 is 0 Å². The summed E-state index contributed by atoms with van der Waals surface area (Å²) in [6, 6.07) is 10.5. The number of hydrogen-bond donors (Lipinski definition) is 1. The molecule has 4 nitrogen and oxygen atoms in total. The zero-order chi connectivity index (χ0) is 14.4. The fourth-order valence-corrected chi connectivity index (χ4v) is 2.51. The Morgan fingerprint density at radius 2 is 2.15 bits per heavy atom. The van der Waals surface area contributed by atoms with Gasteiger partial charge in [0, 0.05) is 26.2 Å². The maximum absolute atomic E-state index is 9.95. The van der Waals surface area contributed by atoms with E-state index in [1.807, 2.05) is 17.0 Å². The molecular formula is C16H22N2O2. The third-order valence-corrected chi connectivity index (χ3v) is 3.54. The molecule has 0 amide bonds.